The summed E-state index contributed by atoms with van der Waals surface area (Å²) in [4.78, 5) is 3.80. The molecule has 0 bridgehead atoms. The minimum atomic E-state index is 0.346. The van der Waals surface area contributed by atoms with Crippen molar-refractivity contribution in [3.05, 3.63) is 21.9 Å². The number of aryl methyl sites for hydroxylation is 1. The highest BCUT2D eigenvalue weighted by molar-refractivity contribution is 7.10. The van der Waals surface area contributed by atoms with E-state index in [9.17, 15) is 0 Å². The molecule has 0 aliphatic carbocycles. The van der Waals surface area contributed by atoms with Crippen LogP contribution >= 0.6 is 11.3 Å². The molecule has 1 aromatic rings. The first-order valence-corrected chi connectivity index (χ1v) is 7.23. The summed E-state index contributed by atoms with van der Waals surface area (Å²) >= 11 is 1.85. The van der Waals surface area contributed by atoms with Crippen LogP contribution in [0.2, 0.25) is 0 Å². The van der Waals surface area contributed by atoms with Gasteiger partial charge in [0.2, 0.25) is 0 Å². The first-order valence-electron chi connectivity index (χ1n) is 6.35. The lowest BCUT2D eigenvalue weighted by molar-refractivity contribution is -0.0182. The Morgan fingerprint density at radius 1 is 1.59 bits per heavy atom. The van der Waals surface area contributed by atoms with Gasteiger partial charge in [-0.3, -0.25) is 0 Å². The van der Waals surface area contributed by atoms with Crippen molar-refractivity contribution in [1.29, 1.82) is 0 Å². The Kier molecular flexibility index (Phi) is 4.98. The second kappa shape index (κ2) is 6.50. The molecule has 2 heterocycles. The standard InChI is InChI=1S/C13H22N2OS/c1-3-11-4-7-17-13(11)9-14-8-12-10-15(2)5-6-16-12/h4,7,12,14H,3,5-6,8-10H2,1-2H3. The van der Waals surface area contributed by atoms with Gasteiger partial charge in [0.1, 0.15) is 0 Å². The van der Waals surface area contributed by atoms with Crippen molar-refractivity contribution >= 4 is 11.3 Å². The zero-order valence-corrected chi connectivity index (χ0v) is 11.6. The van der Waals surface area contributed by atoms with Crippen LogP contribution in [-0.4, -0.2) is 44.3 Å². The molecule has 0 aromatic carbocycles. The van der Waals surface area contributed by atoms with Crippen LogP contribution in [0.4, 0.5) is 0 Å². The zero-order chi connectivity index (χ0) is 12.1. The fourth-order valence-corrected chi connectivity index (χ4v) is 3.12. The molecule has 3 nitrogen and oxygen atoms in total. The van der Waals surface area contributed by atoms with Gasteiger partial charge in [-0.05, 0) is 30.5 Å². The maximum absolute atomic E-state index is 5.72. The number of nitrogens with one attached hydrogen (secondary N) is 1. The Bertz CT molecular complexity index is 340. The molecule has 1 aromatic heterocycles. The molecule has 0 radical (unpaired) electrons. The SMILES string of the molecule is CCc1ccsc1CNCC1CN(C)CCO1. The van der Waals surface area contributed by atoms with Crippen molar-refractivity contribution in [2.24, 2.45) is 0 Å². The van der Waals surface area contributed by atoms with Gasteiger partial charge in [-0.25, -0.2) is 0 Å². The van der Waals surface area contributed by atoms with Crippen LogP contribution in [0.15, 0.2) is 11.4 Å². The largest absolute Gasteiger partial charge is 0.374 e. The molecule has 96 valence electrons. The molecule has 0 saturated carbocycles. The molecule has 0 spiro atoms. The summed E-state index contributed by atoms with van der Waals surface area (Å²) in [7, 11) is 2.16. The number of morpholine rings is 1. The van der Waals surface area contributed by atoms with E-state index in [0.717, 1.165) is 39.2 Å². The average Bonchev–Trinajstić information content (AvgIpc) is 2.77. The van der Waals surface area contributed by atoms with Gasteiger partial charge in [0, 0.05) is 31.1 Å². The van der Waals surface area contributed by atoms with E-state index in [0.29, 0.717) is 6.10 Å². The number of nitrogens with zero attached hydrogens (tertiary/aromatic N) is 1. The maximum atomic E-state index is 5.72. The first-order chi connectivity index (χ1) is 8.29. The Balaban J connectivity index is 1.72. The van der Waals surface area contributed by atoms with Crippen molar-refractivity contribution in [2.75, 3.05) is 33.3 Å². The monoisotopic (exact) mass is 254 g/mol. The van der Waals surface area contributed by atoms with Crippen LogP contribution in [0.5, 0.6) is 0 Å². The third-order valence-corrected chi connectivity index (χ3v) is 4.18. The summed E-state index contributed by atoms with van der Waals surface area (Å²) in [6.07, 6.45) is 1.47. The normalized spacial score (nSPS) is 21.9. The quantitative estimate of drug-likeness (QED) is 0.866. The second-order valence-electron chi connectivity index (χ2n) is 4.61. The highest BCUT2D eigenvalue weighted by Crippen LogP contribution is 2.16. The van der Waals surface area contributed by atoms with Crippen molar-refractivity contribution < 1.29 is 4.74 Å². The van der Waals surface area contributed by atoms with Crippen molar-refractivity contribution in [1.82, 2.24) is 10.2 Å². The number of hydrogen-bond acceptors (Lipinski definition) is 4. The van der Waals surface area contributed by atoms with Gasteiger partial charge in [0.25, 0.3) is 0 Å². The third-order valence-electron chi connectivity index (χ3n) is 3.22. The summed E-state index contributed by atoms with van der Waals surface area (Å²) in [6.45, 7) is 7.10. The summed E-state index contributed by atoms with van der Waals surface area (Å²) in [5.41, 5.74) is 1.48. The van der Waals surface area contributed by atoms with Gasteiger partial charge in [-0.1, -0.05) is 6.92 Å². The van der Waals surface area contributed by atoms with E-state index in [2.05, 4.69) is 35.6 Å². The molecule has 1 unspecified atom stereocenters. The van der Waals surface area contributed by atoms with E-state index in [4.69, 9.17) is 4.74 Å². The Morgan fingerprint density at radius 2 is 2.47 bits per heavy atom. The zero-order valence-electron chi connectivity index (χ0n) is 10.7. The molecular formula is C13H22N2OS. The topological polar surface area (TPSA) is 24.5 Å². The molecule has 1 atom stereocenters. The summed E-state index contributed by atoms with van der Waals surface area (Å²) < 4.78 is 5.72. The first kappa shape index (κ1) is 13.0. The van der Waals surface area contributed by atoms with Crippen LogP contribution in [0, 0.1) is 0 Å². The third kappa shape index (κ3) is 3.78. The summed E-state index contributed by atoms with van der Waals surface area (Å²) in [5.74, 6) is 0. The number of hydrogen-bond donors (Lipinski definition) is 1. The van der Waals surface area contributed by atoms with Crippen LogP contribution in [0.3, 0.4) is 0 Å². The molecular weight excluding hydrogens is 232 g/mol. The van der Waals surface area contributed by atoms with Crippen LogP contribution in [0.25, 0.3) is 0 Å². The van der Waals surface area contributed by atoms with Gasteiger partial charge in [-0.15, -0.1) is 11.3 Å². The van der Waals surface area contributed by atoms with Crippen molar-refractivity contribution in [3.8, 4) is 0 Å². The summed E-state index contributed by atoms with van der Waals surface area (Å²) in [5, 5.41) is 5.69. The van der Waals surface area contributed by atoms with Crippen LogP contribution in [0.1, 0.15) is 17.4 Å². The highest BCUT2D eigenvalue weighted by Gasteiger charge is 2.17. The molecule has 0 amide bonds. The molecule has 1 fully saturated rings. The Labute approximate surface area is 108 Å². The van der Waals surface area contributed by atoms with E-state index in [1.807, 2.05) is 11.3 Å². The Hall–Kier alpha value is -0.420. The molecule has 1 saturated heterocycles. The number of rotatable bonds is 5. The van der Waals surface area contributed by atoms with Gasteiger partial charge >= 0.3 is 0 Å². The highest BCUT2D eigenvalue weighted by atomic mass is 32.1. The lowest BCUT2D eigenvalue weighted by Gasteiger charge is -2.30. The molecule has 1 aliphatic rings. The number of likely N-dealkylation sites (N-methyl/N-ethyl adjacent to an activating group) is 1. The minimum Gasteiger partial charge on any atom is -0.374 e. The second-order valence-corrected chi connectivity index (χ2v) is 5.61. The molecule has 1 aliphatic heterocycles. The average molecular weight is 254 g/mol. The predicted octanol–water partition coefficient (Wildman–Crippen LogP) is 1.73. The fraction of sp³-hybridized carbons (Fsp3) is 0.692. The van der Waals surface area contributed by atoms with Gasteiger partial charge in [0.15, 0.2) is 0 Å². The van der Waals surface area contributed by atoms with Gasteiger partial charge in [0.05, 0.1) is 12.7 Å². The van der Waals surface area contributed by atoms with Crippen LogP contribution in [-0.2, 0) is 17.7 Å². The molecule has 4 heteroatoms. The molecule has 1 N–H and O–H groups in total. The van der Waals surface area contributed by atoms with Crippen molar-refractivity contribution in [3.63, 3.8) is 0 Å². The van der Waals surface area contributed by atoms with E-state index in [1.54, 1.807) is 0 Å². The van der Waals surface area contributed by atoms with E-state index in [-0.39, 0.29) is 0 Å². The van der Waals surface area contributed by atoms with E-state index >= 15 is 0 Å². The molecule has 17 heavy (non-hydrogen) atoms. The van der Waals surface area contributed by atoms with E-state index < -0.39 is 0 Å². The maximum Gasteiger partial charge on any atom is 0.0826 e. The van der Waals surface area contributed by atoms with Crippen LogP contribution < -0.4 is 5.32 Å². The molecule has 2 rings (SSSR count). The predicted molar refractivity (Wildman–Crippen MR) is 72.6 cm³/mol. The minimum absolute atomic E-state index is 0.346. The Morgan fingerprint density at radius 3 is 3.24 bits per heavy atom. The smallest absolute Gasteiger partial charge is 0.0826 e. The van der Waals surface area contributed by atoms with E-state index in [1.165, 1.54) is 10.4 Å². The van der Waals surface area contributed by atoms with Gasteiger partial charge in [-0.2, -0.15) is 0 Å². The van der Waals surface area contributed by atoms with Gasteiger partial charge < -0.3 is 15.0 Å². The fourth-order valence-electron chi connectivity index (χ4n) is 2.17. The van der Waals surface area contributed by atoms with Crippen molar-refractivity contribution in [2.45, 2.75) is 26.0 Å². The number of thiophene rings is 1. The summed E-state index contributed by atoms with van der Waals surface area (Å²) in [6, 6.07) is 2.23. The lowest BCUT2D eigenvalue weighted by Crippen LogP contribution is -2.44. The lowest BCUT2D eigenvalue weighted by atomic mass is 10.2. The number of ether oxygens (including phenoxy) is 1.